The second-order valence-electron chi connectivity index (χ2n) is 14.0. The number of ether oxygens (including phenoxy) is 6. The minimum atomic E-state index is -1.92. The minimum Gasteiger partial charge on any atom is -0.508 e. The molecule has 1 aromatic rings. The molecule has 252 valence electrons. The molecule has 45 heavy (non-hydrogen) atoms. The molecule has 3 aliphatic rings. The number of aromatic hydroxyl groups is 1. The smallest absolute Gasteiger partial charge is 0.311 e. The van der Waals surface area contributed by atoms with Crippen LogP contribution >= 0.6 is 0 Å². The van der Waals surface area contributed by atoms with Gasteiger partial charge in [-0.1, -0.05) is 46.8 Å². The van der Waals surface area contributed by atoms with E-state index < -0.39 is 71.7 Å². The molecule has 0 aromatic heterocycles. The predicted molar refractivity (Wildman–Crippen MR) is 161 cm³/mol. The van der Waals surface area contributed by atoms with E-state index in [0.29, 0.717) is 19.3 Å². The van der Waals surface area contributed by atoms with Crippen molar-refractivity contribution in [1.29, 1.82) is 0 Å². The Kier molecular flexibility index (Phi) is 10.6. The van der Waals surface area contributed by atoms with E-state index in [9.17, 15) is 24.6 Å². The van der Waals surface area contributed by atoms with Gasteiger partial charge in [0.05, 0.1) is 25.0 Å². The summed E-state index contributed by atoms with van der Waals surface area (Å²) in [7, 11) is 1.63. The molecule has 0 saturated carbocycles. The molecule has 3 fully saturated rings. The first kappa shape index (κ1) is 35.1. The maximum absolute atomic E-state index is 13.4. The van der Waals surface area contributed by atoms with Gasteiger partial charge in [0.1, 0.15) is 24.1 Å². The molecule has 10 atom stereocenters. The number of hydrogen-bond donors (Lipinski definition) is 2. The van der Waals surface area contributed by atoms with E-state index in [-0.39, 0.29) is 36.5 Å². The van der Waals surface area contributed by atoms with E-state index in [0.717, 1.165) is 5.56 Å². The highest BCUT2D eigenvalue weighted by Gasteiger charge is 2.64. The third-order valence-electron chi connectivity index (χ3n) is 10.0. The summed E-state index contributed by atoms with van der Waals surface area (Å²) in [5.74, 6) is -5.87. The van der Waals surface area contributed by atoms with Crippen molar-refractivity contribution in [1.82, 2.24) is 0 Å². The van der Waals surface area contributed by atoms with Crippen LogP contribution < -0.4 is 0 Å². The first-order chi connectivity index (χ1) is 21.0. The monoisotopic (exact) mass is 634 g/mol. The highest BCUT2D eigenvalue weighted by atomic mass is 16.8. The molecule has 0 radical (unpaired) electrons. The van der Waals surface area contributed by atoms with Crippen molar-refractivity contribution in [3.8, 4) is 5.75 Å². The lowest BCUT2D eigenvalue weighted by molar-refractivity contribution is -0.452. The molecule has 11 nitrogen and oxygen atoms in total. The summed E-state index contributed by atoms with van der Waals surface area (Å²) in [6, 6.07) is 6.99. The summed E-state index contributed by atoms with van der Waals surface area (Å²) in [5.41, 5.74) is 0.235. The van der Waals surface area contributed by atoms with Gasteiger partial charge < -0.3 is 38.6 Å². The lowest BCUT2D eigenvalue weighted by Gasteiger charge is -2.61. The van der Waals surface area contributed by atoms with Gasteiger partial charge in [0, 0.05) is 37.7 Å². The predicted octanol–water partition coefficient (Wildman–Crippen LogP) is 4.96. The van der Waals surface area contributed by atoms with Crippen LogP contribution in [0.3, 0.4) is 0 Å². The lowest BCUT2D eigenvalue weighted by Crippen LogP contribution is -2.68. The average molecular weight is 635 g/mol. The fraction of sp³-hybridized carbons (Fsp3) is 0.735. The second-order valence-corrected chi connectivity index (χ2v) is 14.0. The van der Waals surface area contributed by atoms with E-state index in [2.05, 4.69) is 6.92 Å². The van der Waals surface area contributed by atoms with E-state index in [1.807, 2.05) is 33.8 Å². The topological polar surface area (TPSA) is 147 Å². The molecule has 3 aliphatic heterocycles. The van der Waals surface area contributed by atoms with Gasteiger partial charge in [-0.15, -0.1) is 0 Å². The number of phenols is 1. The molecule has 4 rings (SSSR count). The average Bonchev–Trinajstić information content (AvgIpc) is 2.92. The number of phenolic OH excluding ortho intramolecular Hbond substituents is 1. The summed E-state index contributed by atoms with van der Waals surface area (Å²) in [6.45, 7) is 12.6. The first-order valence-corrected chi connectivity index (χ1v) is 16.0. The van der Waals surface area contributed by atoms with Gasteiger partial charge in [0.2, 0.25) is 0 Å². The van der Waals surface area contributed by atoms with E-state index >= 15 is 0 Å². The van der Waals surface area contributed by atoms with Crippen molar-refractivity contribution >= 4 is 17.9 Å². The third kappa shape index (κ3) is 7.64. The number of carbonyl (C=O) groups excluding carboxylic acids is 3. The molecule has 2 unspecified atom stereocenters. The van der Waals surface area contributed by atoms with Gasteiger partial charge in [-0.05, 0) is 49.8 Å². The van der Waals surface area contributed by atoms with Crippen LogP contribution in [-0.4, -0.2) is 71.2 Å². The Labute approximate surface area is 265 Å². The Balaban J connectivity index is 1.66. The van der Waals surface area contributed by atoms with Crippen LogP contribution in [0, 0.1) is 23.2 Å². The fourth-order valence-electron chi connectivity index (χ4n) is 7.30. The molecular formula is C34H50O11. The number of benzene rings is 1. The highest BCUT2D eigenvalue weighted by Crippen LogP contribution is 2.57. The quantitative estimate of drug-likeness (QED) is 0.295. The van der Waals surface area contributed by atoms with Crippen LogP contribution in [0.1, 0.15) is 98.7 Å². The van der Waals surface area contributed by atoms with Crippen LogP contribution in [0.4, 0.5) is 0 Å². The van der Waals surface area contributed by atoms with Gasteiger partial charge >= 0.3 is 17.9 Å². The van der Waals surface area contributed by atoms with Gasteiger partial charge in [0.25, 0.3) is 0 Å². The fourth-order valence-corrected chi connectivity index (χ4v) is 7.30. The van der Waals surface area contributed by atoms with Gasteiger partial charge in [-0.25, -0.2) is 0 Å². The Morgan fingerprint density at radius 1 is 1.09 bits per heavy atom. The first-order valence-electron chi connectivity index (χ1n) is 16.0. The van der Waals surface area contributed by atoms with E-state index in [1.165, 1.54) is 6.92 Å². The second kappa shape index (κ2) is 13.6. The molecule has 0 aliphatic carbocycles. The van der Waals surface area contributed by atoms with Crippen molar-refractivity contribution in [2.45, 2.75) is 129 Å². The van der Waals surface area contributed by atoms with Crippen LogP contribution in [0.25, 0.3) is 0 Å². The lowest BCUT2D eigenvalue weighted by atomic mass is 9.66. The molecular weight excluding hydrogens is 584 g/mol. The van der Waals surface area contributed by atoms with E-state index in [1.54, 1.807) is 32.2 Å². The van der Waals surface area contributed by atoms with E-state index in [4.69, 9.17) is 28.4 Å². The van der Waals surface area contributed by atoms with Crippen molar-refractivity contribution in [3.05, 3.63) is 29.8 Å². The van der Waals surface area contributed by atoms with Crippen LogP contribution in [0.15, 0.2) is 24.3 Å². The number of carbonyl (C=O) groups is 3. The molecule has 0 amide bonds. The summed E-state index contributed by atoms with van der Waals surface area (Å²) >= 11 is 0. The van der Waals surface area contributed by atoms with Crippen LogP contribution in [-0.2, 0) is 42.8 Å². The number of cyclic esters (lactones) is 1. The number of aliphatic hydroxyl groups is 1. The summed E-state index contributed by atoms with van der Waals surface area (Å²) in [5, 5.41) is 21.9. The molecule has 2 N–H and O–H groups in total. The van der Waals surface area contributed by atoms with Gasteiger partial charge in [0.15, 0.2) is 11.6 Å². The molecule has 1 aromatic carbocycles. The van der Waals surface area contributed by atoms with Gasteiger partial charge in [-0.3, -0.25) is 14.4 Å². The number of hydrogen-bond acceptors (Lipinski definition) is 11. The third-order valence-corrected chi connectivity index (χ3v) is 10.0. The summed E-state index contributed by atoms with van der Waals surface area (Å²) in [6.07, 6.45) is -2.24. The Bertz CT molecular complexity index is 1230. The molecule has 3 heterocycles. The SMILES string of the molecule is CO[C@@H](CC[C@H](C)[C@H]1OC23C[C@H](OC(=O)CC([C@@H](C)OC(C)=O)OC(=O)C[C@](O)(O2)[C@H](C)CC3(C)C)[C@@H]1C)c1cccc(O)c1. The number of fused-ring (bicyclic) bond motifs is 2. The van der Waals surface area contributed by atoms with Crippen molar-refractivity contribution in [3.63, 3.8) is 0 Å². The Hall–Kier alpha value is -2.73. The summed E-state index contributed by atoms with van der Waals surface area (Å²) < 4.78 is 36.2. The zero-order valence-corrected chi connectivity index (χ0v) is 27.7. The van der Waals surface area contributed by atoms with Crippen molar-refractivity contribution in [2.24, 2.45) is 23.2 Å². The summed E-state index contributed by atoms with van der Waals surface area (Å²) in [4.78, 5) is 38.3. The zero-order chi connectivity index (χ0) is 33.3. The standard InChI is InChI=1S/C34H50O11/c1-19(12-13-26(40-8)24-10-9-11-25(36)14-24)31-21(3)28-17-34(44-31)32(6,7)16-20(2)33(39,45-34)18-30(38)42-27(15-29(37)43-28)22(4)41-23(5)35/h9-11,14,19-22,26-28,31,36,39H,12-13,15-18H2,1-8H3/t19-,20+,21-,22+,26-,27?,28-,31+,33-,34?/m0/s1. The Morgan fingerprint density at radius 2 is 1.80 bits per heavy atom. The van der Waals surface area contributed by atoms with Gasteiger partial charge in [-0.2, -0.15) is 0 Å². The minimum absolute atomic E-state index is 0.0604. The maximum Gasteiger partial charge on any atom is 0.311 e. The molecule has 1 spiro atoms. The molecule has 11 heteroatoms. The van der Waals surface area contributed by atoms with Crippen molar-refractivity contribution in [2.75, 3.05) is 7.11 Å². The maximum atomic E-state index is 13.4. The van der Waals surface area contributed by atoms with Crippen molar-refractivity contribution < 1.29 is 53.0 Å². The number of rotatable bonds is 8. The number of esters is 3. The normalized spacial score (nSPS) is 35.4. The van der Waals surface area contributed by atoms with Crippen LogP contribution in [0.2, 0.25) is 0 Å². The highest BCUT2D eigenvalue weighted by molar-refractivity contribution is 5.74. The zero-order valence-electron chi connectivity index (χ0n) is 27.7. The molecule has 3 bridgehead atoms. The Morgan fingerprint density at radius 3 is 2.44 bits per heavy atom. The molecule has 3 saturated heterocycles. The number of methoxy groups -OCH3 is 1. The largest absolute Gasteiger partial charge is 0.508 e. The van der Waals surface area contributed by atoms with Crippen LogP contribution in [0.5, 0.6) is 5.75 Å².